The van der Waals surface area contributed by atoms with Crippen LogP contribution in [0, 0.1) is 7.05 Å². The number of benzene rings is 1. The highest BCUT2D eigenvalue weighted by Crippen LogP contribution is 2.25. The lowest BCUT2D eigenvalue weighted by Crippen LogP contribution is -1.82. The zero-order chi connectivity index (χ0) is 9.54. The van der Waals surface area contributed by atoms with Gasteiger partial charge in [0.25, 0.3) is 0 Å². The first-order valence-corrected chi connectivity index (χ1v) is 4.47. The van der Waals surface area contributed by atoms with Gasteiger partial charge in [0, 0.05) is 11.6 Å². The summed E-state index contributed by atoms with van der Waals surface area (Å²) >= 11 is 0. The van der Waals surface area contributed by atoms with Gasteiger partial charge in [0.05, 0.1) is 23.6 Å². The molecule has 3 aromatic rings. The van der Waals surface area contributed by atoms with Crippen molar-refractivity contribution in [2.75, 3.05) is 0 Å². The molecule has 0 saturated carbocycles. The number of nitrogens with zero attached hydrogens (tertiary/aromatic N) is 2. The second-order valence-corrected chi connectivity index (χ2v) is 3.26. The molecule has 0 aliphatic heterocycles. The summed E-state index contributed by atoms with van der Waals surface area (Å²) < 4.78 is 1.68. The van der Waals surface area contributed by atoms with Gasteiger partial charge < -0.3 is 4.57 Å². The largest absolute Gasteiger partial charge is 0.332 e. The van der Waals surface area contributed by atoms with E-state index in [1.165, 1.54) is 0 Å². The standard InChI is InChI=1S/C12H8N2/c1-14-10-6-3-2-5-9(10)12-11(14)7-4-8-13-12/h1-8H. The summed E-state index contributed by atoms with van der Waals surface area (Å²) in [5.41, 5.74) is 2.94. The molecule has 0 amide bonds. The smallest absolute Gasteiger partial charge is 0.0959 e. The summed E-state index contributed by atoms with van der Waals surface area (Å²) in [5.74, 6) is 0. The Hall–Kier alpha value is -1.83. The number of fused-ring (bicyclic) bond motifs is 3. The van der Waals surface area contributed by atoms with Gasteiger partial charge in [0.2, 0.25) is 0 Å². The summed E-state index contributed by atoms with van der Waals surface area (Å²) in [6, 6.07) is 11.9. The maximum atomic E-state index is 5.95. The van der Waals surface area contributed by atoms with E-state index in [9.17, 15) is 0 Å². The molecule has 0 N–H and O–H groups in total. The fourth-order valence-corrected chi connectivity index (χ4v) is 1.81. The lowest BCUT2D eigenvalue weighted by molar-refractivity contribution is 1.19. The second-order valence-electron chi connectivity index (χ2n) is 3.26. The van der Waals surface area contributed by atoms with Crippen molar-refractivity contribution in [2.45, 2.75) is 0 Å². The number of aromatic nitrogens is 2. The fourth-order valence-electron chi connectivity index (χ4n) is 1.81. The zero-order valence-electron chi connectivity index (χ0n) is 7.51. The van der Waals surface area contributed by atoms with E-state index >= 15 is 0 Å². The Morgan fingerprint density at radius 3 is 2.71 bits per heavy atom. The second kappa shape index (κ2) is 2.58. The Kier molecular flexibility index (Phi) is 1.39. The molecule has 1 aromatic carbocycles. The minimum absolute atomic E-state index is 0.964. The zero-order valence-corrected chi connectivity index (χ0v) is 7.51. The Morgan fingerprint density at radius 2 is 1.79 bits per heavy atom. The molecule has 0 atom stereocenters. The van der Waals surface area contributed by atoms with Crippen LogP contribution >= 0.6 is 0 Å². The summed E-state index contributed by atoms with van der Waals surface area (Å²) in [6.45, 7) is 0. The molecule has 2 aromatic heterocycles. The highest BCUT2D eigenvalue weighted by molar-refractivity contribution is 6.05. The van der Waals surface area contributed by atoms with Crippen molar-refractivity contribution in [3.05, 3.63) is 49.6 Å². The van der Waals surface area contributed by atoms with Crippen LogP contribution in [0.3, 0.4) is 0 Å². The molecule has 2 heterocycles. The Bertz CT molecular complexity index is 555. The van der Waals surface area contributed by atoms with Gasteiger partial charge in [-0.1, -0.05) is 18.2 Å². The van der Waals surface area contributed by atoms with Crippen molar-refractivity contribution in [1.82, 2.24) is 9.55 Å². The Morgan fingerprint density at radius 1 is 1.00 bits per heavy atom. The van der Waals surface area contributed by atoms with Crippen LogP contribution in [0.1, 0.15) is 0 Å². The van der Waals surface area contributed by atoms with Crippen LogP contribution < -0.4 is 0 Å². The van der Waals surface area contributed by atoms with Crippen LogP contribution in [0.5, 0.6) is 0 Å². The lowest BCUT2D eigenvalue weighted by atomic mass is 10.2. The molecule has 0 bridgehead atoms. The van der Waals surface area contributed by atoms with Gasteiger partial charge in [-0.3, -0.25) is 4.98 Å². The molecular weight excluding hydrogens is 172 g/mol. The van der Waals surface area contributed by atoms with E-state index in [1.807, 2.05) is 36.4 Å². The maximum absolute atomic E-state index is 5.95. The van der Waals surface area contributed by atoms with Gasteiger partial charge in [0.15, 0.2) is 0 Å². The molecule has 0 spiro atoms. The Balaban J connectivity index is 2.69. The monoisotopic (exact) mass is 180 g/mol. The summed E-state index contributed by atoms with van der Waals surface area (Å²) in [7, 11) is 5.95. The highest BCUT2D eigenvalue weighted by atomic mass is 15.0. The molecular formula is C12H8N2. The van der Waals surface area contributed by atoms with E-state index in [0.717, 1.165) is 21.9 Å². The molecule has 0 aliphatic carbocycles. The van der Waals surface area contributed by atoms with Gasteiger partial charge in [-0.15, -0.1) is 0 Å². The van der Waals surface area contributed by atoms with Crippen molar-refractivity contribution in [2.24, 2.45) is 0 Å². The minimum atomic E-state index is 0.964. The number of pyridine rings is 1. The molecule has 2 nitrogen and oxygen atoms in total. The maximum Gasteiger partial charge on any atom is 0.0959 e. The van der Waals surface area contributed by atoms with Gasteiger partial charge in [-0.05, 0) is 18.2 Å². The number of hydrogen-bond acceptors (Lipinski definition) is 1. The summed E-state index contributed by atoms with van der Waals surface area (Å²) in [4.78, 5) is 4.33. The third kappa shape index (κ3) is 0.826. The molecule has 66 valence electrons. The summed E-state index contributed by atoms with van der Waals surface area (Å²) in [6.07, 6.45) is 1.79. The molecule has 0 fully saturated rings. The fraction of sp³-hybridized carbons (Fsp3) is 0. The molecule has 0 unspecified atom stereocenters. The highest BCUT2D eigenvalue weighted by Gasteiger charge is 2.06. The van der Waals surface area contributed by atoms with Crippen LogP contribution in [0.4, 0.5) is 0 Å². The SMILES string of the molecule is [CH]n1c2ccccc2c2ncccc21. The van der Waals surface area contributed by atoms with Crippen molar-refractivity contribution in [1.29, 1.82) is 0 Å². The third-order valence-electron chi connectivity index (χ3n) is 2.46. The van der Waals surface area contributed by atoms with E-state index in [1.54, 1.807) is 10.8 Å². The predicted octanol–water partition coefficient (Wildman–Crippen LogP) is 2.71. The van der Waals surface area contributed by atoms with E-state index in [0.29, 0.717) is 0 Å². The van der Waals surface area contributed by atoms with E-state index < -0.39 is 0 Å². The van der Waals surface area contributed by atoms with Crippen LogP contribution in [-0.4, -0.2) is 9.55 Å². The van der Waals surface area contributed by atoms with E-state index in [-0.39, 0.29) is 0 Å². The predicted molar refractivity (Wildman–Crippen MR) is 56.9 cm³/mol. The van der Waals surface area contributed by atoms with Crippen molar-refractivity contribution in [3.63, 3.8) is 0 Å². The van der Waals surface area contributed by atoms with Gasteiger partial charge >= 0.3 is 0 Å². The number of para-hydroxylation sites is 1. The Labute approximate surface area is 81.8 Å². The van der Waals surface area contributed by atoms with E-state index in [2.05, 4.69) is 4.98 Å². The molecule has 2 radical (unpaired) electrons. The topological polar surface area (TPSA) is 17.8 Å². The first kappa shape index (κ1) is 7.56. The van der Waals surface area contributed by atoms with E-state index in [4.69, 9.17) is 7.05 Å². The van der Waals surface area contributed by atoms with Crippen LogP contribution in [-0.2, 0) is 0 Å². The molecule has 0 aliphatic rings. The number of hydrogen-bond donors (Lipinski definition) is 0. The van der Waals surface area contributed by atoms with Gasteiger partial charge in [-0.2, -0.15) is 0 Å². The quantitative estimate of drug-likeness (QED) is 0.520. The first-order chi connectivity index (χ1) is 6.88. The summed E-state index contributed by atoms with van der Waals surface area (Å²) in [5, 5.41) is 1.10. The van der Waals surface area contributed by atoms with Crippen molar-refractivity contribution < 1.29 is 0 Å². The molecule has 14 heavy (non-hydrogen) atoms. The number of rotatable bonds is 0. The lowest BCUT2D eigenvalue weighted by Gasteiger charge is -1.94. The van der Waals surface area contributed by atoms with Crippen LogP contribution in [0.15, 0.2) is 42.6 Å². The van der Waals surface area contributed by atoms with Crippen molar-refractivity contribution >= 4 is 21.9 Å². The molecule has 2 heteroatoms. The van der Waals surface area contributed by atoms with Crippen LogP contribution in [0.2, 0.25) is 0 Å². The third-order valence-corrected chi connectivity index (χ3v) is 2.46. The van der Waals surface area contributed by atoms with Crippen LogP contribution in [0.25, 0.3) is 21.9 Å². The normalized spacial score (nSPS) is 11.2. The van der Waals surface area contributed by atoms with Gasteiger partial charge in [0.1, 0.15) is 0 Å². The van der Waals surface area contributed by atoms with Crippen molar-refractivity contribution in [3.8, 4) is 0 Å². The molecule has 3 rings (SSSR count). The minimum Gasteiger partial charge on any atom is -0.332 e. The first-order valence-electron chi connectivity index (χ1n) is 4.47. The average molecular weight is 180 g/mol. The van der Waals surface area contributed by atoms with Gasteiger partial charge in [-0.25, -0.2) is 0 Å². The molecule has 0 saturated heterocycles. The average Bonchev–Trinajstić information content (AvgIpc) is 2.55.